The number of aromatic nitrogens is 1. The predicted molar refractivity (Wildman–Crippen MR) is 38.0 cm³/mol. The molecule has 0 spiro atoms. The molecule has 1 nitrogen and oxygen atoms in total. The van der Waals surface area contributed by atoms with Gasteiger partial charge in [0.05, 0.1) is 0 Å². The summed E-state index contributed by atoms with van der Waals surface area (Å²) < 4.78 is 2.03. The van der Waals surface area contributed by atoms with Crippen LogP contribution in [0.15, 0.2) is 18.3 Å². The van der Waals surface area contributed by atoms with E-state index in [4.69, 9.17) is 6.42 Å². The van der Waals surface area contributed by atoms with Gasteiger partial charge in [-0.3, -0.25) is 0 Å². The molecule has 0 aliphatic rings. The second-order valence-corrected chi connectivity index (χ2v) is 1.99. The molecule has 0 bridgehead atoms. The molecule has 0 atom stereocenters. The Morgan fingerprint density at radius 2 is 2.56 bits per heavy atom. The first-order valence-electron chi connectivity index (χ1n) is 2.88. The first-order valence-corrected chi connectivity index (χ1v) is 2.88. The van der Waals surface area contributed by atoms with Crippen LogP contribution in [0.5, 0.6) is 0 Å². The number of terminal acetylenes is 1. The molecule has 0 aromatic carbocycles. The van der Waals surface area contributed by atoms with Crippen molar-refractivity contribution in [2.75, 3.05) is 0 Å². The average molecular weight is 119 g/mol. The molecule has 0 fully saturated rings. The van der Waals surface area contributed by atoms with Crippen molar-refractivity contribution in [3.05, 3.63) is 24.0 Å². The van der Waals surface area contributed by atoms with Crippen molar-refractivity contribution in [1.29, 1.82) is 0 Å². The van der Waals surface area contributed by atoms with Crippen LogP contribution in [0.2, 0.25) is 0 Å². The first-order chi connectivity index (χ1) is 4.34. The number of aryl methyl sites for hydroxylation is 1. The maximum Gasteiger partial charge on any atom is 0.0490 e. The zero-order valence-electron chi connectivity index (χ0n) is 5.46. The van der Waals surface area contributed by atoms with Crippen LogP contribution in [0.1, 0.15) is 5.69 Å². The van der Waals surface area contributed by atoms with Crippen molar-refractivity contribution in [1.82, 2.24) is 4.57 Å². The fourth-order valence-electron chi connectivity index (χ4n) is 0.785. The van der Waals surface area contributed by atoms with Crippen molar-refractivity contribution in [2.24, 2.45) is 7.05 Å². The summed E-state index contributed by atoms with van der Waals surface area (Å²) >= 11 is 0. The van der Waals surface area contributed by atoms with Gasteiger partial charge in [-0.1, -0.05) is 0 Å². The Morgan fingerprint density at radius 1 is 1.78 bits per heavy atom. The summed E-state index contributed by atoms with van der Waals surface area (Å²) in [6.45, 7) is 0. The fourth-order valence-corrected chi connectivity index (χ4v) is 0.785. The Morgan fingerprint density at radius 3 is 3.00 bits per heavy atom. The predicted octanol–water partition coefficient (Wildman–Crippen LogP) is 1.20. The van der Waals surface area contributed by atoms with Gasteiger partial charge in [0.2, 0.25) is 0 Å². The second-order valence-electron chi connectivity index (χ2n) is 1.99. The lowest BCUT2D eigenvalue weighted by Crippen LogP contribution is -1.91. The van der Waals surface area contributed by atoms with E-state index < -0.39 is 0 Å². The fraction of sp³-hybridized carbons (Fsp3) is 0.250. The third-order valence-corrected chi connectivity index (χ3v) is 1.33. The van der Waals surface area contributed by atoms with Gasteiger partial charge in [0.25, 0.3) is 0 Å². The molecule has 46 valence electrons. The Labute approximate surface area is 55.3 Å². The first kappa shape index (κ1) is 5.97. The third-order valence-electron chi connectivity index (χ3n) is 1.33. The van der Waals surface area contributed by atoms with Gasteiger partial charge >= 0.3 is 0 Å². The number of nitrogens with zero attached hydrogens (tertiary/aromatic N) is 1. The van der Waals surface area contributed by atoms with Crippen molar-refractivity contribution in [3.8, 4) is 12.3 Å². The number of hydrogen-bond acceptors (Lipinski definition) is 0. The highest BCUT2D eigenvalue weighted by molar-refractivity contribution is 5.12. The van der Waals surface area contributed by atoms with Gasteiger partial charge in [-0.25, -0.2) is 0 Å². The highest BCUT2D eigenvalue weighted by Gasteiger charge is 1.90. The summed E-state index contributed by atoms with van der Waals surface area (Å²) in [4.78, 5) is 0. The monoisotopic (exact) mass is 119 g/mol. The molecule has 0 unspecified atom stereocenters. The highest BCUT2D eigenvalue weighted by atomic mass is 14.9. The minimum absolute atomic E-state index is 0.726. The molecule has 0 aliphatic heterocycles. The quantitative estimate of drug-likeness (QED) is 0.489. The Balaban J connectivity index is 2.84. The Bertz CT molecular complexity index is 227. The molecule has 0 amide bonds. The summed E-state index contributed by atoms with van der Waals surface area (Å²) in [6.07, 6.45) is 7.84. The maximum atomic E-state index is 5.13. The van der Waals surface area contributed by atoms with E-state index in [2.05, 4.69) is 5.92 Å². The molecule has 1 aromatic heterocycles. The standard InChI is InChI=1S/C8H9N/c1-3-5-8-6-4-7-9(8)2/h1,4,6-7H,5H2,2H3. The Kier molecular flexibility index (Phi) is 1.60. The normalized spacial score (nSPS) is 8.89. The van der Waals surface area contributed by atoms with Crippen LogP contribution in [0.3, 0.4) is 0 Å². The summed E-state index contributed by atoms with van der Waals surface area (Å²) in [6, 6.07) is 4.02. The number of rotatable bonds is 1. The van der Waals surface area contributed by atoms with E-state index in [0.29, 0.717) is 0 Å². The minimum Gasteiger partial charge on any atom is -0.354 e. The highest BCUT2D eigenvalue weighted by Crippen LogP contribution is 1.98. The summed E-state index contributed by atoms with van der Waals surface area (Å²) in [5, 5.41) is 0. The molecule has 0 aliphatic carbocycles. The van der Waals surface area contributed by atoms with Crippen LogP contribution >= 0.6 is 0 Å². The lowest BCUT2D eigenvalue weighted by atomic mass is 10.3. The molecule has 0 N–H and O–H groups in total. The van der Waals surface area contributed by atoms with E-state index in [1.165, 1.54) is 5.69 Å². The lowest BCUT2D eigenvalue weighted by Gasteiger charge is -1.94. The third kappa shape index (κ3) is 1.14. The maximum absolute atomic E-state index is 5.13. The van der Waals surface area contributed by atoms with Crippen LogP contribution in [-0.2, 0) is 13.5 Å². The molecular formula is C8H9N. The van der Waals surface area contributed by atoms with Crippen LogP contribution in [0.4, 0.5) is 0 Å². The molecule has 0 saturated heterocycles. The molecule has 1 heteroatoms. The van der Waals surface area contributed by atoms with E-state index in [1.54, 1.807) is 0 Å². The molecule has 1 aromatic rings. The molecule has 1 rings (SSSR count). The van der Waals surface area contributed by atoms with Crippen LogP contribution in [-0.4, -0.2) is 4.57 Å². The van der Waals surface area contributed by atoms with E-state index in [0.717, 1.165) is 6.42 Å². The summed E-state index contributed by atoms with van der Waals surface area (Å²) in [5.74, 6) is 2.59. The van der Waals surface area contributed by atoms with Gasteiger partial charge in [0.1, 0.15) is 0 Å². The molecular weight excluding hydrogens is 110 g/mol. The van der Waals surface area contributed by atoms with E-state index in [1.807, 2.05) is 29.9 Å². The van der Waals surface area contributed by atoms with Crippen LogP contribution in [0, 0.1) is 12.3 Å². The van der Waals surface area contributed by atoms with Crippen LogP contribution in [0.25, 0.3) is 0 Å². The van der Waals surface area contributed by atoms with Gasteiger partial charge in [-0.2, -0.15) is 0 Å². The van der Waals surface area contributed by atoms with Gasteiger partial charge < -0.3 is 4.57 Å². The molecule has 0 saturated carbocycles. The summed E-state index contributed by atoms with van der Waals surface area (Å²) in [7, 11) is 1.99. The van der Waals surface area contributed by atoms with Crippen LogP contribution < -0.4 is 0 Å². The smallest absolute Gasteiger partial charge is 0.0490 e. The van der Waals surface area contributed by atoms with E-state index >= 15 is 0 Å². The van der Waals surface area contributed by atoms with E-state index in [-0.39, 0.29) is 0 Å². The molecule has 9 heavy (non-hydrogen) atoms. The van der Waals surface area contributed by atoms with Gasteiger partial charge in [0, 0.05) is 25.4 Å². The summed E-state index contributed by atoms with van der Waals surface area (Å²) in [5.41, 5.74) is 1.19. The molecule has 0 radical (unpaired) electrons. The second kappa shape index (κ2) is 2.41. The zero-order chi connectivity index (χ0) is 6.69. The van der Waals surface area contributed by atoms with Gasteiger partial charge in [0.15, 0.2) is 0 Å². The number of hydrogen-bond donors (Lipinski definition) is 0. The van der Waals surface area contributed by atoms with E-state index in [9.17, 15) is 0 Å². The largest absolute Gasteiger partial charge is 0.354 e. The zero-order valence-corrected chi connectivity index (χ0v) is 5.46. The topological polar surface area (TPSA) is 4.93 Å². The Hall–Kier alpha value is -1.16. The molecule has 1 heterocycles. The van der Waals surface area contributed by atoms with Gasteiger partial charge in [-0.05, 0) is 12.1 Å². The van der Waals surface area contributed by atoms with Crippen molar-refractivity contribution in [2.45, 2.75) is 6.42 Å². The van der Waals surface area contributed by atoms with Crippen molar-refractivity contribution >= 4 is 0 Å². The SMILES string of the molecule is C#CCc1cccn1C. The van der Waals surface area contributed by atoms with Crippen molar-refractivity contribution in [3.63, 3.8) is 0 Å². The van der Waals surface area contributed by atoms with Crippen molar-refractivity contribution < 1.29 is 0 Å². The minimum atomic E-state index is 0.726. The lowest BCUT2D eigenvalue weighted by molar-refractivity contribution is 0.863. The average Bonchev–Trinajstić information content (AvgIpc) is 2.18. The van der Waals surface area contributed by atoms with Gasteiger partial charge in [-0.15, -0.1) is 12.3 Å².